The van der Waals surface area contributed by atoms with Crippen molar-refractivity contribution in [3.8, 4) is 0 Å². The monoisotopic (exact) mass is 348 g/mol. The summed E-state index contributed by atoms with van der Waals surface area (Å²) in [5.74, 6) is 1.24. The highest BCUT2D eigenvalue weighted by Gasteiger charge is 2.58. The third-order valence-electron chi connectivity index (χ3n) is 6.61. The van der Waals surface area contributed by atoms with E-state index in [0.29, 0.717) is 11.8 Å². The third-order valence-corrected chi connectivity index (χ3v) is 6.61. The Labute approximate surface area is 155 Å². The zero-order valence-electron chi connectivity index (χ0n) is 16.4. The minimum absolute atomic E-state index is 0.0628. The van der Waals surface area contributed by atoms with Crippen LogP contribution in [0.2, 0.25) is 0 Å². The summed E-state index contributed by atoms with van der Waals surface area (Å²) >= 11 is 0. The van der Waals surface area contributed by atoms with Gasteiger partial charge in [0.2, 0.25) is 5.91 Å². The first-order valence-electron chi connectivity index (χ1n) is 9.55. The molecule has 1 heterocycles. The number of fused-ring (bicyclic) bond motifs is 3. The molecule has 3 nitrogen and oxygen atoms in total. The molecule has 0 saturated heterocycles. The van der Waals surface area contributed by atoms with Gasteiger partial charge in [-0.3, -0.25) is 4.79 Å². The van der Waals surface area contributed by atoms with Crippen molar-refractivity contribution in [2.24, 2.45) is 18.4 Å². The van der Waals surface area contributed by atoms with Gasteiger partial charge in [-0.15, -0.1) is 0 Å². The van der Waals surface area contributed by atoms with Crippen molar-refractivity contribution in [3.05, 3.63) is 47.7 Å². The van der Waals surface area contributed by atoms with Crippen LogP contribution < -0.4 is 5.32 Å². The smallest absolute Gasteiger partial charge is 0.216 e. The van der Waals surface area contributed by atoms with E-state index in [2.05, 4.69) is 74.1 Å². The quantitative estimate of drug-likeness (QED) is 0.714. The van der Waals surface area contributed by atoms with Crippen LogP contribution in [0.15, 0.2) is 36.4 Å². The van der Waals surface area contributed by atoms with Crippen LogP contribution in [0.4, 0.5) is 0 Å². The molecular weight excluding hydrogens is 320 g/mol. The second kappa shape index (κ2) is 5.87. The summed E-state index contributed by atoms with van der Waals surface area (Å²) in [5.41, 5.74) is 4.50. The molecule has 0 radical (unpaired) electrons. The van der Waals surface area contributed by atoms with Crippen LogP contribution in [-0.2, 0) is 11.8 Å². The van der Waals surface area contributed by atoms with E-state index in [9.17, 15) is 4.79 Å². The molecule has 4 rings (SSSR count). The number of hydrogen-bond acceptors (Lipinski definition) is 1. The second-order valence-electron chi connectivity index (χ2n) is 8.42. The fourth-order valence-electron chi connectivity index (χ4n) is 5.03. The molecule has 1 aliphatic carbocycles. The number of nitrogens with one attached hydrogen (secondary N) is 1. The number of aromatic nitrogens is 1. The lowest BCUT2D eigenvalue weighted by Crippen LogP contribution is -2.21. The van der Waals surface area contributed by atoms with E-state index in [1.54, 1.807) is 6.92 Å². The van der Waals surface area contributed by atoms with E-state index in [-0.39, 0.29) is 11.3 Å². The van der Waals surface area contributed by atoms with Crippen molar-refractivity contribution < 1.29 is 4.79 Å². The van der Waals surface area contributed by atoms with Crippen LogP contribution in [0, 0.1) is 18.3 Å². The molecule has 1 aliphatic rings. The molecule has 3 aromatic rings. The average molecular weight is 348 g/mol. The molecule has 0 spiro atoms. The molecule has 136 valence electrons. The Balaban J connectivity index is 1.79. The van der Waals surface area contributed by atoms with Crippen molar-refractivity contribution in [1.29, 1.82) is 0 Å². The summed E-state index contributed by atoms with van der Waals surface area (Å²) in [4.78, 5) is 11.2. The standard InChI is InChI=1S/C23H28N2O/c1-14-20(21-19(23(21,3)4)12-13-24-15(2)26)18-11-10-16-8-6-7-9-17(16)22(18)25(14)5/h6-11,19,21H,12-13H2,1-5H3,(H,24,26)/t19-,21+/m0/s1. The van der Waals surface area contributed by atoms with E-state index in [4.69, 9.17) is 0 Å². The first-order chi connectivity index (χ1) is 12.3. The summed E-state index contributed by atoms with van der Waals surface area (Å²) in [6.45, 7) is 9.36. The molecule has 1 N–H and O–H groups in total. The van der Waals surface area contributed by atoms with E-state index in [1.165, 1.54) is 32.9 Å². The molecule has 1 aromatic heterocycles. The van der Waals surface area contributed by atoms with E-state index >= 15 is 0 Å². The highest BCUT2D eigenvalue weighted by molar-refractivity contribution is 6.07. The van der Waals surface area contributed by atoms with Gasteiger partial charge in [0, 0.05) is 37.0 Å². The number of amides is 1. The number of aryl methyl sites for hydroxylation is 1. The highest BCUT2D eigenvalue weighted by atomic mass is 16.1. The molecule has 1 fully saturated rings. The Kier molecular flexibility index (Phi) is 3.87. The Morgan fingerprint density at radius 1 is 1.15 bits per heavy atom. The van der Waals surface area contributed by atoms with Crippen LogP contribution in [-0.4, -0.2) is 17.0 Å². The summed E-state index contributed by atoms with van der Waals surface area (Å²) in [6, 6.07) is 13.2. The van der Waals surface area contributed by atoms with Crippen molar-refractivity contribution in [3.63, 3.8) is 0 Å². The molecule has 2 aromatic carbocycles. The van der Waals surface area contributed by atoms with Crippen LogP contribution in [0.1, 0.15) is 44.4 Å². The highest BCUT2D eigenvalue weighted by Crippen LogP contribution is 2.67. The number of hydrogen-bond donors (Lipinski definition) is 1. The topological polar surface area (TPSA) is 34.0 Å². The maximum Gasteiger partial charge on any atom is 0.216 e. The predicted octanol–water partition coefficient (Wildman–Crippen LogP) is 4.91. The van der Waals surface area contributed by atoms with Crippen LogP contribution in [0.5, 0.6) is 0 Å². The van der Waals surface area contributed by atoms with E-state index < -0.39 is 0 Å². The molecule has 2 atom stereocenters. The fraction of sp³-hybridized carbons (Fsp3) is 0.435. The Bertz CT molecular complexity index is 1010. The van der Waals surface area contributed by atoms with Crippen LogP contribution >= 0.6 is 0 Å². The van der Waals surface area contributed by atoms with Crippen molar-refractivity contribution >= 4 is 27.6 Å². The fourth-order valence-corrected chi connectivity index (χ4v) is 5.03. The molecule has 1 saturated carbocycles. The van der Waals surface area contributed by atoms with Gasteiger partial charge in [-0.05, 0) is 41.5 Å². The van der Waals surface area contributed by atoms with Gasteiger partial charge in [-0.1, -0.05) is 50.2 Å². The van der Waals surface area contributed by atoms with E-state index in [1.807, 2.05) is 0 Å². The zero-order valence-corrected chi connectivity index (χ0v) is 16.4. The molecule has 0 unspecified atom stereocenters. The number of carbonyl (C=O) groups excluding carboxylic acids is 1. The molecule has 0 aliphatic heterocycles. The van der Waals surface area contributed by atoms with Gasteiger partial charge in [0.1, 0.15) is 0 Å². The lowest BCUT2D eigenvalue weighted by atomic mass is 9.98. The van der Waals surface area contributed by atoms with Gasteiger partial charge in [-0.25, -0.2) is 0 Å². The van der Waals surface area contributed by atoms with E-state index in [0.717, 1.165) is 13.0 Å². The number of rotatable bonds is 4. The SMILES string of the molecule is CC(=O)NCC[C@H]1[C@H](c2c(C)n(C)c3c2ccc2ccccc23)C1(C)C. The third kappa shape index (κ3) is 2.45. The van der Waals surface area contributed by atoms with Gasteiger partial charge in [0.15, 0.2) is 0 Å². The van der Waals surface area contributed by atoms with Crippen molar-refractivity contribution in [2.75, 3.05) is 6.54 Å². The maximum atomic E-state index is 11.2. The second-order valence-corrected chi connectivity index (χ2v) is 8.42. The average Bonchev–Trinajstić information content (AvgIpc) is 3.03. The van der Waals surface area contributed by atoms with Crippen LogP contribution in [0.3, 0.4) is 0 Å². The summed E-state index contributed by atoms with van der Waals surface area (Å²) in [7, 11) is 2.19. The number of benzene rings is 2. The summed E-state index contributed by atoms with van der Waals surface area (Å²) in [5, 5.41) is 6.98. The lowest BCUT2D eigenvalue weighted by molar-refractivity contribution is -0.118. The maximum absolute atomic E-state index is 11.2. The minimum Gasteiger partial charge on any atom is -0.356 e. The van der Waals surface area contributed by atoms with Crippen molar-refractivity contribution in [1.82, 2.24) is 9.88 Å². The first kappa shape index (κ1) is 17.1. The Hall–Kier alpha value is -2.29. The van der Waals surface area contributed by atoms with Crippen LogP contribution in [0.25, 0.3) is 21.7 Å². The molecule has 26 heavy (non-hydrogen) atoms. The largest absolute Gasteiger partial charge is 0.356 e. The molecule has 3 heteroatoms. The summed E-state index contributed by atoms with van der Waals surface area (Å²) in [6.07, 6.45) is 1.04. The molecular formula is C23H28N2O. The summed E-state index contributed by atoms with van der Waals surface area (Å²) < 4.78 is 2.37. The van der Waals surface area contributed by atoms with Gasteiger partial charge in [-0.2, -0.15) is 0 Å². The zero-order chi connectivity index (χ0) is 18.6. The molecule has 0 bridgehead atoms. The predicted molar refractivity (Wildman–Crippen MR) is 108 cm³/mol. The van der Waals surface area contributed by atoms with Gasteiger partial charge >= 0.3 is 0 Å². The number of nitrogens with zero attached hydrogens (tertiary/aromatic N) is 1. The minimum atomic E-state index is 0.0628. The van der Waals surface area contributed by atoms with Crippen molar-refractivity contribution in [2.45, 2.75) is 40.0 Å². The van der Waals surface area contributed by atoms with Gasteiger partial charge in [0.05, 0.1) is 5.52 Å². The first-order valence-corrected chi connectivity index (χ1v) is 9.55. The normalized spacial score (nSPS) is 21.3. The van der Waals surface area contributed by atoms with Gasteiger partial charge < -0.3 is 9.88 Å². The Morgan fingerprint density at radius 2 is 1.88 bits per heavy atom. The number of carbonyl (C=O) groups is 1. The van der Waals surface area contributed by atoms with Gasteiger partial charge in [0.25, 0.3) is 0 Å². The Morgan fingerprint density at radius 3 is 2.62 bits per heavy atom. The lowest BCUT2D eigenvalue weighted by Gasteiger charge is -2.04. The molecule has 1 amide bonds.